The molecule has 1 saturated heterocycles. The fourth-order valence-corrected chi connectivity index (χ4v) is 6.62. The van der Waals surface area contributed by atoms with Crippen molar-refractivity contribution in [1.29, 1.82) is 0 Å². The van der Waals surface area contributed by atoms with Gasteiger partial charge < -0.3 is 20.3 Å². The molecule has 1 fully saturated rings. The van der Waals surface area contributed by atoms with Gasteiger partial charge in [0.2, 0.25) is 0 Å². The van der Waals surface area contributed by atoms with E-state index in [1.165, 1.54) is 0 Å². The number of nitrogens with one attached hydrogen (secondary N) is 2. The summed E-state index contributed by atoms with van der Waals surface area (Å²) < 4.78 is 5.69. The SMILES string of the molecule is Cc1c(Nc2nccc3cc(C=O)cnc23)cccc1-c1cccc(Nc2nccc3cc(C4CCCN4C(=O)OC(C)(C)C)cnc23)c1C. The van der Waals surface area contributed by atoms with Crippen LogP contribution in [0.15, 0.2) is 85.5 Å². The zero-order valence-electron chi connectivity index (χ0n) is 28.8. The maximum atomic E-state index is 13.0. The highest BCUT2D eigenvalue weighted by Gasteiger charge is 2.33. The molecule has 252 valence electrons. The largest absolute Gasteiger partial charge is 0.444 e. The molecule has 0 aliphatic carbocycles. The molecule has 7 rings (SSSR count). The van der Waals surface area contributed by atoms with Crippen molar-refractivity contribution in [3.63, 3.8) is 0 Å². The predicted molar refractivity (Wildman–Crippen MR) is 197 cm³/mol. The zero-order chi connectivity index (χ0) is 35.0. The third-order valence-electron chi connectivity index (χ3n) is 9.11. The predicted octanol–water partition coefficient (Wildman–Crippen LogP) is 9.23. The first kappa shape index (κ1) is 32.6. The van der Waals surface area contributed by atoms with E-state index < -0.39 is 5.60 Å². The van der Waals surface area contributed by atoms with Gasteiger partial charge in [0, 0.05) is 59.0 Å². The van der Waals surface area contributed by atoms with Gasteiger partial charge in [-0.3, -0.25) is 14.8 Å². The Bertz CT molecular complexity index is 2260. The van der Waals surface area contributed by atoms with Gasteiger partial charge in [-0.2, -0.15) is 0 Å². The average molecular weight is 666 g/mol. The normalized spacial score (nSPS) is 14.6. The Balaban J connectivity index is 1.16. The Morgan fingerprint density at radius 1 is 0.820 bits per heavy atom. The number of carbonyl (C=O) groups is 2. The van der Waals surface area contributed by atoms with Crippen LogP contribution in [0.1, 0.15) is 66.7 Å². The van der Waals surface area contributed by atoms with Crippen molar-refractivity contribution in [2.45, 2.75) is 59.1 Å². The number of rotatable bonds is 7. The quantitative estimate of drug-likeness (QED) is 0.161. The molecule has 1 amide bonds. The number of aromatic nitrogens is 4. The van der Waals surface area contributed by atoms with E-state index in [-0.39, 0.29) is 12.1 Å². The Hall–Kier alpha value is -5.90. The first-order valence-corrected chi connectivity index (χ1v) is 16.8. The number of nitrogens with zero attached hydrogens (tertiary/aromatic N) is 5. The molecule has 2 aromatic carbocycles. The van der Waals surface area contributed by atoms with E-state index in [1.807, 2.05) is 74.3 Å². The molecule has 0 saturated carbocycles. The Labute approximate surface area is 291 Å². The highest BCUT2D eigenvalue weighted by Crippen LogP contribution is 2.38. The molecule has 1 aliphatic heterocycles. The van der Waals surface area contributed by atoms with E-state index in [4.69, 9.17) is 9.72 Å². The monoisotopic (exact) mass is 665 g/mol. The Kier molecular flexibility index (Phi) is 8.61. The molecule has 0 spiro atoms. The van der Waals surface area contributed by atoms with Gasteiger partial charge in [0.1, 0.15) is 16.6 Å². The van der Waals surface area contributed by atoms with Crippen LogP contribution in [0.5, 0.6) is 0 Å². The van der Waals surface area contributed by atoms with Crippen LogP contribution in [-0.2, 0) is 4.74 Å². The van der Waals surface area contributed by atoms with Crippen molar-refractivity contribution in [2.75, 3.05) is 17.2 Å². The molecule has 10 heteroatoms. The topological polar surface area (TPSA) is 122 Å². The van der Waals surface area contributed by atoms with Crippen LogP contribution in [0.4, 0.5) is 27.8 Å². The lowest BCUT2D eigenvalue weighted by molar-refractivity contribution is 0.0224. The van der Waals surface area contributed by atoms with Crippen LogP contribution in [0.3, 0.4) is 0 Å². The molecular weight excluding hydrogens is 626 g/mol. The number of likely N-dealkylation sites (tertiary alicyclic amines) is 1. The molecular formula is C40H39N7O3. The Morgan fingerprint density at radius 2 is 1.40 bits per heavy atom. The van der Waals surface area contributed by atoms with Crippen LogP contribution in [0.25, 0.3) is 32.9 Å². The number of pyridine rings is 4. The average Bonchev–Trinajstić information content (AvgIpc) is 3.60. The van der Waals surface area contributed by atoms with E-state index in [1.54, 1.807) is 18.6 Å². The fourth-order valence-electron chi connectivity index (χ4n) is 6.62. The van der Waals surface area contributed by atoms with Gasteiger partial charge in [-0.1, -0.05) is 24.3 Å². The molecule has 10 nitrogen and oxygen atoms in total. The Morgan fingerprint density at radius 3 is 1.98 bits per heavy atom. The minimum atomic E-state index is -0.553. The number of aldehydes is 1. The van der Waals surface area contributed by atoms with E-state index in [2.05, 4.69) is 57.6 Å². The van der Waals surface area contributed by atoms with Crippen LogP contribution in [0, 0.1) is 13.8 Å². The first-order chi connectivity index (χ1) is 24.1. The van der Waals surface area contributed by atoms with Crippen molar-refractivity contribution in [1.82, 2.24) is 24.8 Å². The minimum Gasteiger partial charge on any atom is -0.444 e. The van der Waals surface area contributed by atoms with Crippen LogP contribution in [-0.4, -0.2) is 49.4 Å². The molecule has 6 aromatic rings. The number of carbonyl (C=O) groups excluding carboxylic acids is 2. The number of ether oxygens (including phenoxy) is 1. The van der Waals surface area contributed by atoms with Crippen molar-refractivity contribution >= 4 is 57.2 Å². The summed E-state index contributed by atoms with van der Waals surface area (Å²) in [6.45, 7) is 10.5. The minimum absolute atomic E-state index is 0.0817. The van der Waals surface area contributed by atoms with E-state index in [0.717, 1.165) is 74.6 Å². The third kappa shape index (κ3) is 6.44. The summed E-state index contributed by atoms with van der Waals surface area (Å²) in [7, 11) is 0. The van der Waals surface area contributed by atoms with Crippen LogP contribution >= 0.6 is 0 Å². The van der Waals surface area contributed by atoms with Gasteiger partial charge in [-0.15, -0.1) is 0 Å². The standard InChI is InChI=1S/C40H39N7O3/c1-24-30(9-6-11-32(24)45-37-35-27(14-16-41-37)19-26(23-48)21-43-35)31-10-7-12-33(25(31)2)46-38-36-28(15-17-42-38)20-29(22-44-36)34-13-8-18-47(34)39(49)50-40(3,4)5/h6-7,9-12,14-17,19-23,34H,8,13,18H2,1-5H3,(H,41,45)(H,42,46). The number of hydrogen-bond acceptors (Lipinski definition) is 9. The summed E-state index contributed by atoms with van der Waals surface area (Å²) >= 11 is 0. The lowest BCUT2D eigenvalue weighted by atomic mass is 9.94. The summed E-state index contributed by atoms with van der Waals surface area (Å²) in [5.41, 5.74) is 8.50. The smallest absolute Gasteiger partial charge is 0.410 e. The molecule has 2 N–H and O–H groups in total. The van der Waals surface area contributed by atoms with E-state index in [9.17, 15) is 9.59 Å². The van der Waals surface area contributed by atoms with Gasteiger partial charge in [-0.05, 0) is 112 Å². The second kappa shape index (κ2) is 13.2. The molecule has 4 aromatic heterocycles. The second-order valence-electron chi connectivity index (χ2n) is 13.7. The lowest BCUT2D eigenvalue weighted by Gasteiger charge is -2.28. The molecule has 1 aliphatic rings. The maximum absolute atomic E-state index is 13.0. The summed E-state index contributed by atoms with van der Waals surface area (Å²) in [6.07, 6.45) is 9.19. The van der Waals surface area contributed by atoms with Crippen LogP contribution in [0.2, 0.25) is 0 Å². The number of fused-ring (bicyclic) bond motifs is 2. The first-order valence-electron chi connectivity index (χ1n) is 16.8. The van der Waals surface area contributed by atoms with Gasteiger partial charge in [0.05, 0.1) is 6.04 Å². The lowest BCUT2D eigenvalue weighted by Crippen LogP contribution is -2.36. The highest BCUT2D eigenvalue weighted by molar-refractivity contribution is 5.94. The number of benzene rings is 2. The van der Waals surface area contributed by atoms with Crippen molar-refractivity contribution < 1.29 is 14.3 Å². The molecule has 5 heterocycles. The zero-order valence-corrected chi connectivity index (χ0v) is 28.8. The molecule has 1 atom stereocenters. The van der Waals surface area contributed by atoms with E-state index in [0.29, 0.717) is 29.3 Å². The molecule has 50 heavy (non-hydrogen) atoms. The van der Waals surface area contributed by atoms with Gasteiger partial charge in [0.25, 0.3) is 0 Å². The summed E-state index contributed by atoms with van der Waals surface area (Å²) in [5.74, 6) is 1.28. The highest BCUT2D eigenvalue weighted by atomic mass is 16.6. The van der Waals surface area contributed by atoms with Crippen molar-refractivity contribution in [2.24, 2.45) is 0 Å². The fraction of sp³-hybridized carbons (Fsp3) is 0.250. The van der Waals surface area contributed by atoms with Gasteiger partial charge >= 0.3 is 6.09 Å². The van der Waals surface area contributed by atoms with Crippen molar-refractivity contribution in [3.8, 4) is 11.1 Å². The number of anilines is 4. The third-order valence-corrected chi connectivity index (χ3v) is 9.11. The van der Waals surface area contributed by atoms with Crippen LogP contribution < -0.4 is 10.6 Å². The maximum Gasteiger partial charge on any atom is 0.410 e. The summed E-state index contributed by atoms with van der Waals surface area (Å²) in [4.78, 5) is 44.6. The van der Waals surface area contributed by atoms with Crippen molar-refractivity contribution in [3.05, 3.63) is 108 Å². The molecule has 1 unspecified atom stereocenters. The summed E-state index contributed by atoms with van der Waals surface area (Å²) in [6, 6.07) is 20.0. The molecule has 0 radical (unpaired) electrons. The second-order valence-corrected chi connectivity index (χ2v) is 13.7. The van der Waals surface area contributed by atoms with E-state index >= 15 is 0 Å². The molecule has 0 bridgehead atoms. The summed E-state index contributed by atoms with van der Waals surface area (Å²) in [5, 5.41) is 8.81. The van der Waals surface area contributed by atoms with Gasteiger partial charge in [0.15, 0.2) is 17.9 Å². The van der Waals surface area contributed by atoms with Gasteiger partial charge in [-0.25, -0.2) is 14.8 Å². The number of hydrogen-bond donors (Lipinski definition) is 2. The number of amides is 1.